The zero-order chi connectivity index (χ0) is 15.2. The van der Waals surface area contributed by atoms with Gasteiger partial charge in [0.25, 0.3) is 0 Å². The van der Waals surface area contributed by atoms with Crippen LogP contribution in [0.5, 0.6) is 0 Å². The van der Waals surface area contributed by atoms with Gasteiger partial charge in [-0.1, -0.05) is 49.2 Å². The van der Waals surface area contributed by atoms with Crippen molar-refractivity contribution in [3.8, 4) is 0 Å². The molecule has 0 radical (unpaired) electrons. The molecule has 1 aliphatic rings. The number of carbonyl (C=O) groups is 1. The quantitative estimate of drug-likeness (QED) is 0.884. The fourth-order valence-electron chi connectivity index (χ4n) is 3.00. The molecule has 1 aromatic heterocycles. The summed E-state index contributed by atoms with van der Waals surface area (Å²) in [6, 6.07) is 14.6. The lowest BCUT2D eigenvalue weighted by atomic mass is 10.1. The molecule has 0 aliphatic carbocycles. The van der Waals surface area contributed by atoms with Crippen molar-refractivity contribution in [1.82, 2.24) is 10.2 Å². The lowest BCUT2D eigenvalue weighted by Gasteiger charge is -2.29. The number of rotatable bonds is 3. The van der Waals surface area contributed by atoms with E-state index in [1.165, 1.54) is 17.7 Å². The van der Waals surface area contributed by atoms with Crippen molar-refractivity contribution in [2.75, 3.05) is 6.54 Å². The van der Waals surface area contributed by atoms with Gasteiger partial charge in [0.2, 0.25) is 0 Å². The first-order valence-corrected chi connectivity index (χ1v) is 8.84. The SMILES string of the molecule is O=C(NCc1ccccc1)N1CCCCCC1c1cccs1. The Bertz CT molecular complexity index is 582. The van der Waals surface area contributed by atoms with Gasteiger partial charge >= 0.3 is 6.03 Å². The van der Waals surface area contributed by atoms with Gasteiger partial charge in [0.15, 0.2) is 0 Å². The van der Waals surface area contributed by atoms with E-state index in [0.29, 0.717) is 6.54 Å². The fourth-order valence-corrected chi connectivity index (χ4v) is 3.88. The van der Waals surface area contributed by atoms with E-state index >= 15 is 0 Å². The van der Waals surface area contributed by atoms with Crippen molar-refractivity contribution >= 4 is 17.4 Å². The Kier molecular flexibility index (Phi) is 5.11. The number of carbonyl (C=O) groups excluding carboxylic acids is 1. The van der Waals surface area contributed by atoms with Crippen molar-refractivity contribution in [3.63, 3.8) is 0 Å². The highest BCUT2D eigenvalue weighted by Crippen LogP contribution is 2.32. The summed E-state index contributed by atoms with van der Waals surface area (Å²) in [5.41, 5.74) is 1.14. The summed E-state index contributed by atoms with van der Waals surface area (Å²) in [5.74, 6) is 0. The minimum Gasteiger partial charge on any atom is -0.334 e. The van der Waals surface area contributed by atoms with Gasteiger partial charge < -0.3 is 10.2 Å². The number of nitrogens with one attached hydrogen (secondary N) is 1. The van der Waals surface area contributed by atoms with Gasteiger partial charge in [-0.25, -0.2) is 4.79 Å². The summed E-state index contributed by atoms with van der Waals surface area (Å²) in [5, 5.41) is 5.18. The van der Waals surface area contributed by atoms with Crippen LogP contribution in [0.3, 0.4) is 0 Å². The summed E-state index contributed by atoms with van der Waals surface area (Å²) in [6.45, 7) is 1.44. The zero-order valence-corrected chi connectivity index (χ0v) is 13.5. The van der Waals surface area contributed by atoms with E-state index < -0.39 is 0 Å². The maximum atomic E-state index is 12.6. The maximum absolute atomic E-state index is 12.6. The molecular weight excluding hydrogens is 292 g/mol. The standard InChI is InChI=1S/C18H22N2OS/c21-18(19-14-15-8-3-1-4-9-15)20-12-6-2-5-10-16(20)17-11-7-13-22-17/h1,3-4,7-9,11,13,16H,2,5-6,10,12,14H2,(H,19,21). The normalized spacial score (nSPS) is 18.7. The molecule has 0 bridgehead atoms. The van der Waals surface area contributed by atoms with E-state index in [9.17, 15) is 4.79 Å². The van der Waals surface area contributed by atoms with E-state index in [4.69, 9.17) is 0 Å². The number of amides is 2. The highest BCUT2D eigenvalue weighted by atomic mass is 32.1. The Morgan fingerprint density at radius 3 is 2.77 bits per heavy atom. The average molecular weight is 314 g/mol. The Balaban J connectivity index is 1.67. The van der Waals surface area contributed by atoms with Gasteiger partial charge in [-0.05, 0) is 29.9 Å². The van der Waals surface area contributed by atoms with Crippen molar-refractivity contribution in [3.05, 3.63) is 58.3 Å². The summed E-state index contributed by atoms with van der Waals surface area (Å²) >= 11 is 1.75. The van der Waals surface area contributed by atoms with Crippen LogP contribution in [0.25, 0.3) is 0 Å². The van der Waals surface area contributed by atoms with Crippen molar-refractivity contribution in [2.45, 2.75) is 38.3 Å². The lowest BCUT2D eigenvalue weighted by Crippen LogP contribution is -2.41. The summed E-state index contributed by atoms with van der Waals surface area (Å²) in [4.78, 5) is 16.0. The van der Waals surface area contributed by atoms with Crippen LogP contribution in [0.1, 0.15) is 42.2 Å². The smallest absolute Gasteiger partial charge is 0.318 e. The predicted octanol–water partition coefficient (Wildman–Crippen LogP) is 4.58. The molecular formula is C18H22N2OS. The first-order chi connectivity index (χ1) is 10.8. The molecule has 1 aromatic carbocycles. The van der Waals surface area contributed by atoms with Gasteiger partial charge in [0.05, 0.1) is 6.04 Å². The minimum atomic E-state index is 0.0594. The fraction of sp³-hybridized carbons (Fsp3) is 0.389. The molecule has 22 heavy (non-hydrogen) atoms. The van der Waals surface area contributed by atoms with Crippen LogP contribution < -0.4 is 5.32 Å². The molecule has 1 atom stereocenters. The molecule has 1 saturated heterocycles. The number of benzene rings is 1. The second kappa shape index (κ2) is 7.45. The molecule has 3 rings (SSSR count). The highest BCUT2D eigenvalue weighted by molar-refractivity contribution is 7.10. The zero-order valence-electron chi connectivity index (χ0n) is 12.7. The third-order valence-corrected chi connectivity index (χ3v) is 5.15. The summed E-state index contributed by atoms with van der Waals surface area (Å²) < 4.78 is 0. The van der Waals surface area contributed by atoms with Gasteiger partial charge in [-0.15, -0.1) is 11.3 Å². The van der Waals surface area contributed by atoms with Gasteiger partial charge in [0, 0.05) is 18.0 Å². The maximum Gasteiger partial charge on any atom is 0.318 e. The van der Waals surface area contributed by atoms with Gasteiger partial charge in [-0.3, -0.25) is 0 Å². The number of urea groups is 1. The van der Waals surface area contributed by atoms with E-state index in [-0.39, 0.29) is 12.1 Å². The largest absolute Gasteiger partial charge is 0.334 e. The molecule has 2 aromatic rings. The van der Waals surface area contributed by atoms with Crippen LogP contribution in [-0.4, -0.2) is 17.5 Å². The molecule has 1 unspecified atom stereocenters. The second-order valence-electron chi connectivity index (χ2n) is 5.72. The molecule has 0 saturated carbocycles. The Hall–Kier alpha value is -1.81. The monoisotopic (exact) mass is 314 g/mol. The van der Waals surface area contributed by atoms with Crippen LogP contribution in [0.4, 0.5) is 4.79 Å². The third-order valence-electron chi connectivity index (χ3n) is 4.17. The molecule has 3 nitrogen and oxygen atoms in total. The van der Waals surface area contributed by atoms with Crippen molar-refractivity contribution < 1.29 is 4.79 Å². The Morgan fingerprint density at radius 1 is 1.14 bits per heavy atom. The molecule has 116 valence electrons. The first-order valence-electron chi connectivity index (χ1n) is 7.96. The van der Waals surface area contributed by atoms with Crippen LogP contribution in [0.15, 0.2) is 47.8 Å². The number of hydrogen-bond donors (Lipinski definition) is 1. The summed E-state index contributed by atoms with van der Waals surface area (Å²) in [6.07, 6.45) is 4.58. The van der Waals surface area contributed by atoms with E-state index in [2.05, 4.69) is 22.8 Å². The Labute approximate surface area is 136 Å². The molecule has 2 heterocycles. The van der Waals surface area contributed by atoms with Crippen LogP contribution in [0.2, 0.25) is 0 Å². The van der Waals surface area contributed by atoms with E-state index in [0.717, 1.165) is 24.9 Å². The van der Waals surface area contributed by atoms with Crippen molar-refractivity contribution in [1.29, 1.82) is 0 Å². The minimum absolute atomic E-state index is 0.0594. The summed E-state index contributed by atoms with van der Waals surface area (Å²) in [7, 11) is 0. The topological polar surface area (TPSA) is 32.3 Å². The molecule has 4 heteroatoms. The van der Waals surface area contributed by atoms with Gasteiger partial charge in [-0.2, -0.15) is 0 Å². The second-order valence-corrected chi connectivity index (χ2v) is 6.70. The molecule has 2 amide bonds. The molecule has 1 N–H and O–H groups in total. The third kappa shape index (κ3) is 3.69. The molecule has 0 spiro atoms. The molecule has 1 aliphatic heterocycles. The van der Waals surface area contributed by atoms with E-state index in [1.54, 1.807) is 11.3 Å². The van der Waals surface area contributed by atoms with Crippen LogP contribution in [-0.2, 0) is 6.54 Å². The van der Waals surface area contributed by atoms with Gasteiger partial charge in [0.1, 0.15) is 0 Å². The van der Waals surface area contributed by atoms with Crippen molar-refractivity contribution in [2.24, 2.45) is 0 Å². The number of hydrogen-bond acceptors (Lipinski definition) is 2. The highest BCUT2D eigenvalue weighted by Gasteiger charge is 2.27. The number of likely N-dealkylation sites (tertiary alicyclic amines) is 1. The predicted molar refractivity (Wildman–Crippen MR) is 90.9 cm³/mol. The van der Waals surface area contributed by atoms with Crippen LogP contribution in [0, 0.1) is 0 Å². The lowest BCUT2D eigenvalue weighted by molar-refractivity contribution is 0.176. The number of nitrogens with zero attached hydrogens (tertiary/aromatic N) is 1. The van der Waals surface area contributed by atoms with Crippen LogP contribution >= 0.6 is 11.3 Å². The van der Waals surface area contributed by atoms with E-state index in [1.807, 2.05) is 35.2 Å². The first kappa shape index (κ1) is 15.1. The average Bonchev–Trinajstić information content (AvgIpc) is 2.98. The number of thiophene rings is 1. The Morgan fingerprint density at radius 2 is 2.00 bits per heavy atom. The molecule has 1 fully saturated rings.